The van der Waals surface area contributed by atoms with Crippen LogP contribution in [0.2, 0.25) is 0 Å². The number of amides is 1. The first kappa shape index (κ1) is 16.8. The second-order valence-corrected chi connectivity index (χ2v) is 6.73. The summed E-state index contributed by atoms with van der Waals surface area (Å²) in [6.07, 6.45) is 0.957. The molecule has 5 nitrogen and oxygen atoms in total. The van der Waals surface area contributed by atoms with Crippen molar-refractivity contribution in [3.8, 4) is 12.3 Å². The number of rotatable bonds is 5. The van der Waals surface area contributed by atoms with Crippen LogP contribution in [-0.2, 0) is 14.6 Å². The number of alkyl halides is 3. The second kappa shape index (κ2) is 6.45. The summed E-state index contributed by atoms with van der Waals surface area (Å²) in [6.45, 7) is -1.93. The zero-order valence-corrected chi connectivity index (χ0v) is 11.4. The van der Waals surface area contributed by atoms with E-state index in [0.29, 0.717) is 0 Å². The van der Waals surface area contributed by atoms with E-state index in [9.17, 15) is 26.4 Å². The third kappa shape index (κ3) is 5.38. The van der Waals surface area contributed by atoms with Crippen LogP contribution in [0.3, 0.4) is 0 Å². The van der Waals surface area contributed by atoms with Gasteiger partial charge in [0.15, 0.2) is 9.84 Å². The first-order valence-corrected chi connectivity index (χ1v) is 7.67. The van der Waals surface area contributed by atoms with E-state index in [-0.39, 0.29) is 24.5 Å². The topological polar surface area (TPSA) is 66.5 Å². The number of nitrogens with zero attached hydrogens (tertiary/aromatic N) is 1. The van der Waals surface area contributed by atoms with Gasteiger partial charge in [0.05, 0.1) is 31.1 Å². The average molecular weight is 312 g/mol. The number of sulfone groups is 1. The van der Waals surface area contributed by atoms with Gasteiger partial charge >= 0.3 is 6.18 Å². The normalized spacial score (nSPS) is 21.4. The van der Waals surface area contributed by atoms with Crippen LogP contribution in [0.25, 0.3) is 0 Å². The third-order valence-electron chi connectivity index (χ3n) is 2.83. The Kier molecular flexibility index (Phi) is 5.42. The molecule has 20 heavy (non-hydrogen) atoms. The molecule has 0 aliphatic carbocycles. The summed E-state index contributed by atoms with van der Waals surface area (Å²) >= 11 is 0. The predicted molar refractivity (Wildman–Crippen MR) is 66.5 cm³/mol. The van der Waals surface area contributed by atoms with Crippen LogP contribution >= 0.6 is 0 Å². The van der Waals surface area contributed by atoms with E-state index in [4.69, 9.17) is 6.42 Å². The lowest BCUT2D eigenvalue weighted by Gasteiger charge is -2.26. The van der Waals surface area contributed by atoms with Gasteiger partial charge in [-0.15, -0.1) is 6.42 Å². The number of hydrogen-bond donors (Lipinski definition) is 1. The van der Waals surface area contributed by atoms with E-state index in [1.54, 1.807) is 0 Å². The van der Waals surface area contributed by atoms with Crippen molar-refractivity contribution < 1.29 is 26.4 Å². The van der Waals surface area contributed by atoms with Crippen molar-refractivity contribution in [3.05, 3.63) is 0 Å². The maximum absolute atomic E-state index is 12.0. The Bertz CT molecular complexity index is 496. The highest BCUT2D eigenvalue weighted by atomic mass is 32.2. The predicted octanol–water partition coefficient (Wildman–Crippen LogP) is -0.213. The van der Waals surface area contributed by atoms with Crippen molar-refractivity contribution >= 4 is 15.7 Å². The van der Waals surface area contributed by atoms with Gasteiger partial charge in [0, 0.05) is 6.04 Å². The fourth-order valence-corrected chi connectivity index (χ4v) is 3.68. The molecule has 1 unspecified atom stereocenters. The smallest absolute Gasteiger partial charge is 0.326 e. The van der Waals surface area contributed by atoms with Gasteiger partial charge in [-0.1, -0.05) is 5.92 Å². The van der Waals surface area contributed by atoms with Gasteiger partial charge in [-0.25, -0.2) is 8.42 Å². The van der Waals surface area contributed by atoms with Crippen molar-refractivity contribution in [1.82, 2.24) is 10.2 Å². The Morgan fingerprint density at radius 1 is 1.45 bits per heavy atom. The Morgan fingerprint density at radius 2 is 2.10 bits per heavy atom. The SMILES string of the molecule is C#CCN(C(=O)CNCC(F)(F)F)C1CCS(=O)(=O)C1. The zero-order valence-electron chi connectivity index (χ0n) is 10.6. The summed E-state index contributed by atoms with van der Waals surface area (Å²) in [4.78, 5) is 13.0. The van der Waals surface area contributed by atoms with Gasteiger partial charge < -0.3 is 10.2 Å². The van der Waals surface area contributed by atoms with Crippen LogP contribution in [-0.4, -0.2) is 62.6 Å². The van der Waals surface area contributed by atoms with E-state index in [2.05, 4.69) is 5.92 Å². The summed E-state index contributed by atoms with van der Waals surface area (Å²) < 4.78 is 58.6. The molecule has 0 bridgehead atoms. The molecule has 0 aromatic carbocycles. The summed E-state index contributed by atoms with van der Waals surface area (Å²) in [5.74, 6) is 1.36. The van der Waals surface area contributed by atoms with Crippen LogP contribution in [0, 0.1) is 12.3 Å². The molecule has 1 fully saturated rings. The Balaban J connectivity index is 2.58. The van der Waals surface area contributed by atoms with Crippen LogP contribution in [0.1, 0.15) is 6.42 Å². The van der Waals surface area contributed by atoms with E-state index in [1.807, 2.05) is 5.32 Å². The first-order valence-electron chi connectivity index (χ1n) is 5.85. The molecular weight excluding hydrogens is 297 g/mol. The maximum Gasteiger partial charge on any atom is 0.401 e. The summed E-state index contributed by atoms with van der Waals surface area (Å²) in [7, 11) is -3.20. The van der Waals surface area contributed by atoms with Crippen LogP contribution < -0.4 is 5.32 Å². The van der Waals surface area contributed by atoms with E-state index in [1.165, 1.54) is 0 Å². The minimum atomic E-state index is -4.41. The molecule has 0 radical (unpaired) electrons. The molecule has 9 heteroatoms. The van der Waals surface area contributed by atoms with Gasteiger partial charge in [-0.2, -0.15) is 13.2 Å². The lowest BCUT2D eigenvalue weighted by atomic mass is 10.2. The summed E-state index contributed by atoms with van der Waals surface area (Å²) in [5, 5.41) is 1.97. The molecule has 0 spiro atoms. The highest BCUT2D eigenvalue weighted by Gasteiger charge is 2.34. The van der Waals surface area contributed by atoms with Crippen molar-refractivity contribution in [2.45, 2.75) is 18.6 Å². The second-order valence-electron chi connectivity index (χ2n) is 4.50. The van der Waals surface area contributed by atoms with Crippen molar-refractivity contribution in [3.63, 3.8) is 0 Å². The number of carbonyl (C=O) groups excluding carboxylic acids is 1. The lowest BCUT2D eigenvalue weighted by molar-refractivity contribution is -0.135. The number of nitrogens with one attached hydrogen (secondary N) is 1. The molecule has 1 aliphatic rings. The van der Waals surface area contributed by atoms with Gasteiger partial charge in [0.2, 0.25) is 5.91 Å². The lowest BCUT2D eigenvalue weighted by Crippen LogP contribution is -2.46. The van der Waals surface area contributed by atoms with Crippen molar-refractivity contribution in [2.75, 3.05) is 31.1 Å². The van der Waals surface area contributed by atoms with Gasteiger partial charge in [0.25, 0.3) is 0 Å². The van der Waals surface area contributed by atoms with E-state index >= 15 is 0 Å². The largest absolute Gasteiger partial charge is 0.401 e. The number of halogens is 3. The molecule has 1 rings (SSSR count). The molecule has 1 atom stereocenters. The third-order valence-corrected chi connectivity index (χ3v) is 4.58. The molecule has 0 aromatic rings. The molecule has 114 valence electrons. The van der Waals surface area contributed by atoms with Crippen molar-refractivity contribution in [2.24, 2.45) is 0 Å². The highest BCUT2D eigenvalue weighted by molar-refractivity contribution is 7.91. The fourth-order valence-electron chi connectivity index (χ4n) is 1.95. The summed E-state index contributed by atoms with van der Waals surface area (Å²) in [5.41, 5.74) is 0. The molecule has 1 saturated heterocycles. The van der Waals surface area contributed by atoms with Crippen LogP contribution in [0.4, 0.5) is 13.2 Å². The van der Waals surface area contributed by atoms with Crippen molar-refractivity contribution in [1.29, 1.82) is 0 Å². The molecule has 0 aromatic heterocycles. The molecule has 0 saturated carbocycles. The highest BCUT2D eigenvalue weighted by Crippen LogP contribution is 2.18. The standard InChI is InChI=1S/C11H15F3N2O3S/c1-2-4-16(9-3-5-20(18,19)7-9)10(17)6-15-8-11(12,13)14/h1,9,15H,3-8H2. The van der Waals surface area contributed by atoms with E-state index < -0.39 is 41.1 Å². The average Bonchev–Trinajstić information content (AvgIpc) is 2.64. The van der Waals surface area contributed by atoms with Crippen LogP contribution in [0.15, 0.2) is 0 Å². The van der Waals surface area contributed by atoms with Gasteiger partial charge in [-0.05, 0) is 6.42 Å². The Morgan fingerprint density at radius 3 is 2.55 bits per heavy atom. The van der Waals surface area contributed by atoms with Gasteiger partial charge in [0.1, 0.15) is 0 Å². The Hall–Kier alpha value is -1.27. The van der Waals surface area contributed by atoms with E-state index in [0.717, 1.165) is 4.90 Å². The fraction of sp³-hybridized carbons (Fsp3) is 0.727. The molecule has 1 heterocycles. The van der Waals surface area contributed by atoms with Crippen LogP contribution in [0.5, 0.6) is 0 Å². The monoisotopic (exact) mass is 312 g/mol. The van der Waals surface area contributed by atoms with Gasteiger partial charge in [-0.3, -0.25) is 4.79 Å². The minimum absolute atomic E-state index is 0.0397. The number of carbonyl (C=O) groups is 1. The Labute approximate surface area is 115 Å². The number of terminal acetylenes is 1. The quantitative estimate of drug-likeness (QED) is 0.713. The summed E-state index contributed by atoms with van der Waals surface area (Å²) in [6, 6.07) is -0.559. The minimum Gasteiger partial charge on any atom is -0.326 e. The molecule has 1 amide bonds. The maximum atomic E-state index is 12.0. The molecule has 1 N–H and O–H groups in total. The first-order chi connectivity index (χ1) is 9.14. The zero-order chi connectivity index (χ0) is 15.4. The number of hydrogen-bond acceptors (Lipinski definition) is 4. The molecule has 1 aliphatic heterocycles. The molecular formula is C11H15F3N2O3S.